The van der Waals surface area contributed by atoms with Gasteiger partial charge in [0, 0.05) is 43.6 Å². The minimum atomic E-state index is -1.46. The molecule has 1 atom stereocenters. The maximum absolute atomic E-state index is 11.6. The predicted molar refractivity (Wildman–Crippen MR) is 43.2 cm³/mol. The van der Waals surface area contributed by atoms with Crippen molar-refractivity contribution in [2.75, 3.05) is 7.05 Å². The normalized spacial score (nSPS) is 8.32. The van der Waals surface area contributed by atoms with Gasteiger partial charge in [-0.05, 0) is 0 Å². The van der Waals surface area contributed by atoms with Crippen LogP contribution in [0.4, 0.5) is 41.1 Å². The molecular formula is C5H9F9N2O3. The number of rotatable bonds is 4. The molecule has 5 nitrogen and oxygen atoms in total. The van der Waals surface area contributed by atoms with E-state index >= 15 is 0 Å². The van der Waals surface area contributed by atoms with E-state index in [1.54, 1.807) is 0 Å². The van der Waals surface area contributed by atoms with Gasteiger partial charge in [0.1, 0.15) is 6.04 Å². The summed E-state index contributed by atoms with van der Waals surface area (Å²) in [5.74, 6) is -1.92. The summed E-state index contributed by atoms with van der Waals surface area (Å²) in [6.45, 7) is 0. The van der Waals surface area contributed by atoms with Gasteiger partial charge in [-0.25, -0.2) is 0 Å². The first kappa shape index (κ1) is 30.4. The summed E-state index contributed by atoms with van der Waals surface area (Å²) >= 11 is 0. The number of aliphatic carboxylic acids is 1. The molecule has 0 saturated carbocycles. The largest absolute Gasteiger partial charge is 0.480 e. The van der Waals surface area contributed by atoms with E-state index < -0.39 is 24.3 Å². The summed E-state index contributed by atoms with van der Waals surface area (Å²) in [4.78, 5) is 20.6. The number of nitrogens with one attached hydrogen (secondary N) is 2. The molecule has 1 amide bonds. The molecule has 0 aromatic heterocycles. The molecule has 0 aliphatic carbocycles. The fourth-order valence-corrected chi connectivity index (χ4v) is 0.460. The van der Waals surface area contributed by atoms with Gasteiger partial charge in [-0.1, -0.05) is 0 Å². The summed E-state index contributed by atoms with van der Waals surface area (Å²) in [6.07, 6.45) is -0.414. The Bertz CT molecular complexity index is 176. The molecule has 0 aliphatic rings. The first-order valence-corrected chi connectivity index (χ1v) is 3.48. The highest BCUT2D eigenvalue weighted by molar-refractivity contribution is 5.83. The summed E-state index contributed by atoms with van der Waals surface area (Å²) in [5, 5.41) is 10.4. The Morgan fingerprint density at radius 1 is 1.00 bits per heavy atom. The van der Waals surface area contributed by atoms with Gasteiger partial charge >= 0.3 is 5.97 Å². The van der Waals surface area contributed by atoms with E-state index in [0.717, 1.165) is 5.54 Å². The summed E-state index contributed by atoms with van der Waals surface area (Å²) in [7, 11) is 1.35. The molecule has 0 heterocycles. The Kier molecular flexibility index (Phi) is 57.5. The standard InChI is InChI=1S/C5H9FN2O3.4F2/c1-7-4(9)2-3(8-6)5(10)11;4*1-2/h3,8H,2H2,1H3,(H,7,9)(H,10,11);;;;. The van der Waals surface area contributed by atoms with E-state index in [1.807, 2.05) is 0 Å². The van der Waals surface area contributed by atoms with Crippen molar-refractivity contribution in [3.8, 4) is 0 Å². The molecule has 0 rings (SSSR count). The van der Waals surface area contributed by atoms with E-state index in [0.29, 0.717) is 0 Å². The molecule has 0 radical (unpaired) electrons. The van der Waals surface area contributed by atoms with Crippen LogP contribution in [-0.4, -0.2) is 30.1 Å². The highest BCUT2D eigenvalue weighted by atomic mass is 20.0. The third-order valence-electron chi connectivity index (χ3n) is 1.10. The van der Waals surface area contributed by atoms with Crippen LogP contribution < -0.4 is 10.9 Å². The van der Waals surface area contributed by atoms with Crippen LogP contribution in [-0.2, 0) is 9.59 Å². The molecule has 0 aliphatic heterocycles. The second-order valence-corrected chi connectivity index (χ2v) is 1.88. The van der Waals surface area contributed by atoms with Gasteiger partial charge in [-0.2, -0.15) is 0 Å². The average molecular weight is 316 g/mol. The van der Waals surface area contributed by atoms with E-state index in [2.05, 4.69) is 5.32 Å². The number of hydrogen-bond donors (Lipinski definition) is 3. The van der Waals surface area contributed by atoms with Gasteiger partial charge in [0.15, 0.2) is 0 Å². The Labute approximate surface area is 99.3 Å². The Morgan fingerprint density at radius 2 is 1.32 bits per heavy atom. The predicted octanol–water partition coefficient (Wildman–Crippen LogP) is 2.41. The van der Waals surface area contributed by atoms with E-state index in [1.165, 1.54) is 7.05 Å². The fraction of sp³-hybridized carbons (Fsp3) is 0.600. The number of carbonyl (C=O) groups is 2. The van der Waals surface area contributed by atoms with Crippen LogP contribution in [0.15, 0.2) is 0 Å². The molecule has 0 aromatic carbocycles. The van der Waals surface area contributed by atoms with Crippen molar-refractivity contribution in [2.24, 2.45) is 0 Å². The average Bonchev–Trinajstić information content (AvgIpc) is 2.52. The van der Waals surface area contributed by atoms with Crippen molar-refractivity contribution in [2.45, 2.75) is 12.5 Å². The lowest BCUT2D eigenvalue weighted by Crippen LogP contribution is -2.36. The maximum atomic E-state index is 11.6. The smallest absolute Gasteiger partial charge is 0.323 e. The molecule has 3 N–H and O–H groups in total. The van der Waals surface area contributed by atoms with E-state index in [-0.39, 0.29) is 0 Å². The van der Waals surface area contributed by atoms with Crippen LogP contribution >= 0.6 is 0 Å². The van der Waals surface area contributed by atoms with Crippen molar-refractivity contribution >= 4 is 11.9 Å². The summed E-state index contributed by atoms with van der Waals surface area (Å²) < 4.78 is 75.6. The number of hydrogen-bond acceptors (Lipinski definition) is 3. The molecule has 19 heavy (non-hydrogen) atoms. The van der Waals surface area contributed by atoms with Gasteiger partial charge in [0.25, 0.3) is 0 Å². The number of carboxylic acid groups (broad SMARTS) is 1. The molecule has 0 spiro atoms. The molecule has 0 fully saturated rings. The summed E-state index contributed by atoms with van der Waals surface area (Å²) in [6, 6.07) is -1.46. The topological polar surface area (TPSA) is 78.4 Å². The first-order valence-electron chi connectivity index (χ1n) is 3.48. The number of halogens is 9. The molecule has 1 unspecified atom stereocenters. The lowest BCUT2D eigenvalue weighted by molar-refractivity contribution is -0.143. The minimum absolute atomic E-state index is 0.414. The number of carbonyl (C=O) groups excluding carboxylic acids is 1. The van der Waals surface area contributed by atoms with Crippen molar-refractivity contribution in [3.05, 3.63) is 0 Å². The van der Waals surface area contributed by atoms with Crippen molar-refractivity contribution < 1.29 is 55.8 Å². The molecular weight excluding hydrogens is 307 g/mol. The second kappa shape index (κ2) is 36.0. The fourth-order valence-electron chi connectivity index (χ4n) is 0.460. The van der Waals surface area contributed by atoms with Crippen molar-refractivity contribution in [1.82, 2.24) is 10.9 Å². The highest BCUT2D eigenvalue weighted by Gasteiger charge is 2.19. The Morgan fingerprint density at radius 3 is 1.47 bits per heavy atom. The molecule has 120 valence electrons. The van der Waals surface area contributed by atoms with Gasteiger partial charge < -0.3 is 10.4 Å². The third kappa shape index (κ3) is 31.4. The van der Waals surface area contributed by atoms with Crippen molar-refractivity contribution in [1.29, 1.82) is 0 Å². The highest BCUT2D eigenvalue weighted by Crippen LogP contribution is 1.91. The van der Waals surface area contributed by atoms with Crippen LogP contribution in [0.2, 0.25) is 0 Å². The third-order valence-corrected chi connectivity index (χ3v) is 1.10. The lowest BCUT2D eigenvalue weighted by Gasteiger charge is -2.05. The van der Waals surface area contributed by atoms with E-state index in [4.69, 9.17) is 41.7 Å². The lowest BCUT2D eigenvalue weighted by atomic mass is 10.2. The number of amides is 1. The van der Waals surface area contributed by atoms with Gasteiger partial charge in [-0.15, -0.1) is 10.0 Å². The zero-order valence-electron chi connectivity index (χ0n) is 8.95. The van der Waals surface area contributed by atoms with E-state index in [9.17, 15) is 14.1 Å². The zero-order valence-corrected chi connectivity index (χ0v) is 8.95. The van der Waals surface area contributed by atoms with Gasteiger partial charge in [0.2, 0.25) is 5.91 Å². The first-order chi connectivity index (χ1) is 9.11. The van der Waals surface area contributed by atoms with Crippen LogP contribution in [0.3, 0.4) is 0 Å². The van der Waals surface area contributed by atoms with Crippen molar-refractivity contribution in [3.63, 3.8) is 0 Å². The second-order valence-electron chi connectivity index (χ2n) is 1.88. The van der Waals surface area contributed by atoms with Crippen LogP contribution in [0.1, 0.15) is 6.42 Å². The monoisotopic (exact) mass is 316 g/mol. The molecule has 14 heteroatoms. The Balaban J connectivity index is -0.0000000693. The zero-order chi connectivity index (χ0) is 16.9. The SMILES string of the molecule is CNC(=O)CC(NF)C(=O)O.FF.FF.FF.FF. The quantitative estimate of drug-likeness (QED) is 0.550. The summed E-state index contributed by atoms with van der Waals surface area (Å²) in [5.41, 5.74) is 1.01. The molecule has 0 bridgehead atoms. The molecule has 0 aromatic rings. The molecule has 0 saturated heterocycles. The number of carboxylic acids is 1. The Hall–Kier alpha value is -1.73. The van der Waals surface area contributed by atoms with Gasteiger partial charge in [-0.3, -0.25) is 9.59 Å². The van der Waals surface area contributed by atoms with Crippen LogP contribution in [0.5, 0.6) is 0 Å². The minimum Gasteiger partial charge on any atom is -0.480 e. The van der Waals surface area contributed by atoms with Crippen LogP contribution in [0.25, 0.3) is 0 Å². The van der Waals surface area contributed by atoms with Gasteiger partial charge in [0.05, 0.1) is 6.42 Å². The maximum Gasteiger partial charge on any atom is 0.323 e. The van der Waals surface area contributed by atoms with Crippen LogP contribution in [0, 0.1) is 0 Å².